The van der Waals surface area contributed by atoms with Crippen LogP contribution in [0.5, 0.6) is 0 Å². The molecule has 1 aromatic carbocycles. The van der Waals surface area contributed by atoms with Gasteiger partial charge in [-0.1, -0.05) is 18.2 Å². The predicted octanol–water partition coefficient (Wildman–Crippen LogP) is 2.43. The van der Waals surface area contributed by atoms with Gasteiger partial charge in [0.2, 0.25) is 5.91 Å². The van der Waals surface area contributed by atoms with E-state index in [1.54, 1.807) is 42.7 Å². The summed E-state index contributed by atoms with van der Waals surface area (Å²) in [5, 5.41) is 11.5. The Hall–Kier alpha value is -2.95. The monoisotopic (exact) mass is 268 g/mol. The van der Waals surface area contributed by atoms with E-state index in [1.165, 1.54) is 12.1 Å². The van der Waals surface area contributed by atoms with Gasteiger partial charge in [-0.3, -0.25) is 9.78 Å². The maximum absolute atomic E-state index is 11.7. The van der Waals surface area contributed by atoms with Crippen molar-refractivity contribution in [1.82, 2.24) is 4.98 Å². The minimum absolute atomic E-state index is 0.0515. The molecule has 5 nitrogen and oxygen atoms in total. The average Bonchev–Trinajstić information content (AvgIpc) is 2.46. The number of para-hydroxylation sites is 1. The molecule has 0 bridgehead atoms. The number of hydrogen-bond acceptors (Lipinski definition) is 3. The van der Waals surface area contributed by atoms with Crippen LogP contribution in [0, 0.1) is 0 Å². The molecule has 0 aliphatic rings. The zero-order valence-corrected chi connectivity index (χ0v) is 10.5. The average molecular weight is 268 g/mol. The summed E-state index contributed by atoms with van der Waals surface area (Å²) in [6.07, 6.45) is 6.19. The summed E-state index contributed by atoms with van der Waals surface area (Å²) in [5.41, 5.74) is 1.10. The van der Waals surface area contributed by atoms with Crippen LogP contribution in [0.15, 0.2) is 54.9 Å². The van der Waals surface area contributed by atoms with Crippen LogP contribution < -0.4 is 5.32 Å². The maximum Gasteiger partial charge on any atom is 0.337 e. The second-order valence-electron chi connectivity index (χ2n) is 3.96. The molecule has 2 rings (SSSR count). The van der Waals surface area contributed by atoms with E-state index < -0.39 is 11.9 Å². The van der Waals surface area contributed by atoms with Gasteiger partial charge in [-0.15, -0.1) is 0 Å². The van der Waals surface area contributed by atoms with E-state index >= 15 is 0 Å². The fraction of sp³-hybridized carbons (Fsp3) is 0. The van der Waals surface area contributed by atoms with Gasteiger partial charge in [-0.2, -0.15) is 0 Å². The van der Waals surface area contributed by atoms with E-state index in [0.29, 0.717) is 0 Å². The number of rotatable bonds is 4. The third-order valence-electron chi connectivity index (χ3n) is 2.53. The molecule has 0 saturated carbocycles. The summed E-state index contributed by atoms with van der Waals surface area (Å²) in [7, 11) is 0. The van der Waals surface area contributed by atoms with Crippen molar-refractivity contribution in [3.63, 3.8) is 0 Å². The first-order valence-electron chi connectivity index (χ1n) is 5.88. The zero-order chi connectivity index (χ0) is 14.4. The Kier molecular flexibility index (Phi) is 4.24. The van der Waals surface area contributed by atoms with Crippen LogP contribution in [0.2, 0.25) is 0 Å². The Balaban J connectivity index is 2.09. The first-order valence-corrected chi connectivity index (χ1v) is 5.88. The summed E-state index contributed by atoms with van der Waals surface area (Å²) in [6.45, 7) is 0. The molecule has 1 aromatic heterocycles. The van der Waals surface area contributed by atoms with Crippen LogP contribution >= 0.6 is 0 Å². The van der Waals surface area contributed by atoms with Gasteiger partial charge in [0.05, 0.1) is 11.3 Å². The zero-order valence-electron chi connectivity index (χ0n) is 10.5. The van der Waals surface area contributed by atoms with Crippen LogP contribution in [0.1, 0.15) is 15.9 Å². The van der Waals surface area contributed by atoms with Gasteiger partial charge in [0.15, 0.2) is 0 Å². The fourth-order valence-electron chi connectivity index (χ4n) is 1.60. The SMILES string of the molecule is O=C(C=Cc1cccnc1)Nc1ccccc1C(=O)O. The fourth-order valence-corrected chi connectivity index (χ4v) is 1.60. The van der Waals surface area contributed by atoms with Crippen LogP contribution in [0.4, 0.5) is 5.69 Å². The molecule has 1 heterocycles. The molecule has 5 heteroatoms. The van der Waals surface area contributed by atoms with E-state index in [9.17, 15) is 9.59 Å². The van der Waals surface area contributed by atoms with Crippen molar-refractivity contribution in [2.45, 2.75) is 0 Å². The second-order valence-corrected chi connectivity index (χ2v) is 3.96. The van der Waals surface area contributed by atoms with E-state index in [1.807, 2.05) is 6.07 Å². The number of aromatic nitrogens is 1. The van der Waals surface area contributed by atoms with Gasteiger partial charge in [0, 0.05) is 18.5 Å². The highest BCUT2D eigenvalue weighted by molar-refractivity contribution is 6.05. The van der Waals surface area contributed by atoms with Gasteiger partial charge in [0.25, 0.3) is 0 Å². The summed E-state index contributed by atoms with van der Waals surface area (Å²) in [5.74, 6) is -1.49. The molecule has 0 spiro atoms. The number of amides is 1. The number of anilines is 1. The highest BCUT2D eigenvalue weighted by atomic mass is 16.4. The Morgan fingerprint density at radius 1 is 1.15 bits per heavy atom. The van der Waals surface area contributed by atoms with Crippen molar-refractivity contribution in [3.8, 4) is 0 Å². The molecule has 0 unspecified atom stereocenters. The third-order valence-corrected chi connectivity index (χ3v) is 2.53. The minimum atomic E-state index is -1.09. The van der Waals surface area contributed by atoms with E-state index in [4.69, 9.17) is 5.11 Å². The molecule has 0 fully saturated rings. The molecule has 0 aliphatic heterocycles. The van der Waals surface area contributed by atoms with Crippen molar-refractivity contribution in [3.05, 3.63) is 66.0 Å². The number of pyridine rings is 1. The number of hydrogen-bond donors (Lipinski definition) is 2. The number of nitrogens with zero attached hydrogens (tertiary/aromatic N) is 1. The molecule has 0 aliphatic carbocycles. The Bertz CT molecular complexity index is 651. The van der Waals surface area contributed by atoms with E-state index in [-0.39, 0.29) is 11.3 Å². The van der Waals surface area contributed by atoms with E-state index in [0.717, 1.165) is 5.56 Å². The third kappa shape index (κ3) is 3.52. The number of carbonyl (C=O) groups excluding carboxylic acids is 1. The Morgan fingerprint density at radius 3 is 2.65 bits per heavy atom. The molecule has 0 saturated heterocycles. The number of aromatic carboxylic acids is 1. The molecule has 100 valence electrons. The minimum Gasteiger partial charge on any atom is -0.478 e. The number of carboxylic acids is 1. The standard InChI is InChI=1S/C15H12N2O3/c18-14(8-7-11-4-3-9-16-10-11)17-13-6-2-1-5-12(13)15(19)20/h1-10H,(H,17,18)(H,19,20). The van der Waals surface area contributed by atoms with Gasteiger partial charge in [-0.25, -0.2) is 4.79 Å². The lowest BCUT2D eigenvalue weighted by molar-refractivity contribution is -0.111. The lowest BCUT2D eigenvalue weighted by atomic mass is 10.2. The van der Waals surface area contributed by atoms with Crippen molar-refractivity contribution >= 4 is 23.6 Å². The summed E-state index contributed by atoms with van der Waals surface area (Å²) in [6, 6.07) is 9.80. The summed E-state index contributed by atoms with van der Waals surface area (Å²) < 4.78 is 0. The normalized spacial score (nSPS) is 10.4. The highest BCUT2D eigenvalue weighted by Crippen LogP contribution is 2.14. The lowest BCUT2D eigenvalue weighted by Gasteiger charge is -2.05. The van der Waals surface area contributed by atoms with Gasteiger partial charge < -0.3 is 10.4 Å². The number of carbonyl (C=O) groups is 2. The van der Waals surface area contributed by atoms with Crippen LogP contribution in [0.25, 0.3) is 6.08 Å². The first kappa shape index (κ1) is 13.5. The molecule has 2 aromatic rings. The van der Waals surface area contributed by atoms with Crippen LogP contribution in [-0.4, -0.2) is 22.0 Å². The smallest absolute Gasteiger partial charge is 0.337 e. The van der Waals surface area contributed by atoms with Gasteiger partial charge >= 0.3 is 5.97 Å². The molecule has 2 N–H and O–H groups in total. The van der Waals surface area contributed by atoms with Gasteiger partial charge in [0.1, 0.15) is 0 Å². The summed E-state index contributed by atoms with van der Waals surface area (Å²) in [4.78, 5) is 26.7. The van der Waals surface area contributed by atoms with Crippen LogP contribution in [-0.2, 0) is 4.79 Å². The number of carboxylic acid groups (broad SMARTS) is 1. The van der Waals surface area contributed by atoms with Gasteiger partial charge in [-0.05, 0) is 29.8 Å². The highest BCUT2D eigenvalue weighted by Gasteiger charge is 2.09. The lowest BCUT2D eigenvalue weighted by Crippen LogP contribution is -2.11. The predicted molar refractivity (Wildman–Crippen MR) is 75.3 cm³/mol. The van der Waals surface area contributed by atoms with E-state index in [2.05, 4.69) is 10.3 Å². The van der Waals surface area contributed by atoms with Crippen molar-refractivity contribution in [1.29, 1.82) is 0 Å². The molecule has 0 radical (unpaired) electrons. The molecule has 1 amide bonds. The quantitative estimate of drug-likeness (QED) is 0.835. The maximum atomic E-state index is 11.7. The molecule has 20 heavy (non-hydrogen) atoms. The Labute approximate surface area is 115 Å². The number of benzene rings is 1. The van der Waals surface area contributed by atoms with Crippen molar-refractivity contribution < 1.29 is 14.7 Å². The number of nitrogens with one attached hydrogen (secondary N) is 1. The second kappa shape index (κ2) is 6.29. The largest absolute Gasteiger partial charge is 0.478 e. The van der Waals surface area contributed by atoms with Crippen molar-refractivity contribution in [2.24, 2.45) is 0 Å². The first-order chi connectivity index (χ1) is 9.66. The topological polar surface area (TPSA) is 79.3 Å². The molecular formula is C15H12N2O3. The molecular weight excluding hydrogens is 256 g/mol. The Morgan fingerprint density at radius 2 is 1.95 bits per heavy atom. The van der Waals surface area contributed by atoms with Crippen molar-refractivity contribution in [2.75, 3.05) is 5.32 Å². The molecule has 0 atom stereocenters. The summed E-state index contributed by atoms with van der Waals surface area (Å²) >= 11 is 0. The van der Waals surface area contributed by atoms with Crippen LogP contribution in [0.3, 0.4) is 0 Å².